The SMILES string of the molecule is C#[C][Ge]1([CH2]CCC)[CH2]CC[CH2]1. The van der Waals surface area contributed by atoms with Crippen molar-refractivity contribution in [3.05, 3.63) is 0 Å². The first-order chi connectivity index (χ1) is 5.33. The van der Waals surface area contributed by atoms with E-state index < -0.39 is 13.3 Å². The molecule has 1 heterocycles. The fourth-order valence-electron chi connectivity index (χ4n) is 2.03. The Morgan fingerprint density at radius 2 is 2.00 bits per heavy atom. The molecule has 0 aliphatic carbocycles. The van der Waals surface area contributed by atoms with Crippen molar-refractivity contribution >= 4 is 13.3 Å². The third-order valence-electron chi connectivity index (χ3n) is 2.88. The molecule has 11 heavy (non-hydrogen) atoms. The van der Waals surface area contributed by atoms with Crippen molar-refractivity contribution in [2.45, 2.75) is 48.4 Å². The standard InChI is InChI=1S/C10H18Ge/c1-3-5-8-11(4-2)9-6-7-10-11/h2H,3,5-10H2,1H3. The molecule has 1 heteroatoms. The van der Waals surface area contributed by atoms with Gasteiger partial charge in [-0.3, -0.25) is 0 Å². The van der Waals surface area contributed by atoms with E-state index in [9.17, 15) is 0 Å². The van der Waals surface area contributed by atoms with Crippen LogP contribution in [0, 0.1) is 11.2 Å². The van der Waals surface area contributed by atoms with Crippen molar-refractivity contribution in [1.29, 1.82) is 0 Å². The first-order valence-electron chi connectivity index (χ1n) is 4.81. The maximum atomic E-state index is 5.64. The second-order valence-corrected chi connectivity index (χ2v) is 12.9. The van der Waals surface area contributed by atoms with E-state index in [0.717, 1.165) is 0 Å². The Kier molecular flexibility index (Phi) is 3.52. The van der Waals surface area contributed by atoms with E-state index in [1.165, 1.54) is 41.4 Å². The van der Waals surface area contributed by atoms with Crippen LogP contribution in [-0.4, -0.2) is 13.3 Å². The molecule has 0 aromatic heterocycles. The van der Waals surface area contributed by atoms with Gasteiger partial charge in [0.25, 0.3) is 0 Å². The van der Waals surface area contributed by atoms with Gasteiger partial charge in [0.1, 0.15) is 0 Å². The van der Waals surface area contributed by atoms with Gasteiger partial charge in [0.15, 0.2) is 0 Å². The van der Waals surface area contributed by atoms with Gasteiger partial charge in [0.2, 0.25) is 0 Å². The summed E-state index contributed by atoms with van der Waals surface area (Å²) in [6.07, 6.45) is 11.2. The van der Waals surface area contributed by atoms with Crippen molar-refractivity contribution in [1.82, 2.24) is 0 Å². The van der Waals surface area contributed by atoms with Crippen LogP contribution in [-0.2, 0) is 0 Å². The third-order valence-corrected chi connectivity index (χ3v) is 12.4. The summed E-state index contributed by atoms with van der Waals surface area (Å²) in [4.78, 5) is 0. The van der Waals surface area contributed by atoms with Crippen molar-refractivity contribution < 1.29 is 0 Å². The van der Waals surface area contributed by atoms with Crippen LogP contribution in [0.1, 0.15) is 32.6 Å². The van der Waals surface area contributed by atoms with Crippen molar-refractivity contribution in [2.75, 3.05) is 0 Å². The van der Waals surface area contributed by atoms with Crippen molar-refractivity contribution in [2.24, 2.45) is 0 Å². The number of hydrogen-bond acceptors (Lipinski definition) is 0. The molecule has 62 valence electrons. The number of unbranched alkanes of at least 4 members (excludes halogenated alkanes) is 1. The van der Waals surface area contributed by atoms with Gasteiger partial charge in [-0.15, -0.1) is 0 Å². The molecule has 0 spiro atoms. The molecule has 1 aliphatic rings. The van der Waals surface area contributed by atoms with E-state index in [1.54, 1.807) is 0 Å². The maximum absolute atomic E-state index is 5.64. The first kappa shape index (κ1) is 9.19. The molecule has 1 fully saturated rings. The monoisotopic (exact) mass is 212 g/mol. The average molecular weight is 211 g/mol. The molecule has 0 amide bonds. The normalized spacial score (nSPS) is 21.5. The fourth-order valence-corrected chi connectivity index (χ4v) is 10.6. The van der Waals surface area contributed by atoms with E-state index in [-0.39, 0.29) is 0 Å². The Bertz CT molecular complexity index is 149. The Labute approximate surface area is 73.1 Å². The zero-order valence-electron chi connectivity index (χ0n) is 7.53. The molecule has 1 rings (SSSR count). The van der Waals surface area contributed by atoms with Crippen LogP contribution in [0.5, 0.6) is 0 Å². The number of terminal acetylenes is 1. The van der Waals surface area contributed by atoms with Crippen LogP contribution >= 0.6 is 0 Å². The zero-order valence-corrected chi connectivity index (χ0v) is 9.63. The van der Waals surface area contributed by atoms with Gasteiger partial charge in [-0.05, 0) is 0 Å². The van der Waals surface area contributed by atoms with Crippen molar-refractivity contribution in [3.8, 4) is 11.2 Å². The predicted octanol–water partition coefficient (Wildman–Crippen LogP) is 3.20. The zero-order chi connectivity index (χ0) is 8.16. The first-order valence-corrected chi connectivity index (χ1v) is 10.3. The van der Waals surface area contributed by atoms with Crippen LogP contribution in [0.25, 0.3) is 0 Å². The summed E-state index contributed by atoms with van der Waals surface area (Å²) < 4.78 is 3.20. The van der Waals surface area contributed by atoms with Crippen LogP contribution in [0.15, 0.2) is 0 Å². The number of rotatable bonds is 3. The summed E-state index contributed by atoms with van der Waals surface area (Å²) in [5.74, 6) is 0. The molecule has 0 N–H and O–H groups in total. The predicted molar refractivity (Wildman–Crippen MR) is 53.2 cm³/mol. The summed E-state index contributed by atoms with van der Waals surface area (Å²) in [7, 11) is 0. The molecule has 0 unspecified atom stereocenters. The summed E-state index contributed by atoms with van der Waals surface area (Å²) in [6, 6.07) is 0. The molecule has 0 aromatic carbocycles. The summed E-state index contributed by atoms with van der Waals surface area (Å²) in [5, 5.41) is 4.39. The van der Waals surface area contributed by atoms with E-state index in [4.69, 9.17) is 6.42 Å². The van der Waals surface area contributed by atoms with Gasteiger partial charge in [0.05, 0.1) is 0 Å². The molecule has 0 aromatic rings. The fraction of sp³-hybridized carbons (Fsp3) is 0.800. The van der Waals surface area contributed by atoms with Crippen LogP contribution in [0.3, 0.4) is 0 Å². The summed E-state index contributed by atoms with van der Waals surface area (Å²) in [6.45, 7) is 2.27. The quantitative estimate of drug-likeness (QED) is 0.496. The van der Waals surface area contributed by atoms with Gasteiger partial charge in [-0.1, -0.05) is 0 Å². The molecule has 1 saturated heterocycles. The second-order valence-electron chi connectivity index (χ2n) is 3.74. The second kappa shape index (κ2) is 4.21. The molecule has 0 bridgehead atoms. The van der Waals surface area contributed by atoms with Gasteiger partial charge in [-0.2, -0.15) is 0 Å². The Balaban J connectivity index is 2.41. The Morgan fingerprint density at radius 3 is 2.45 bits per heavy atom. The van der Waals surface area contributed by atoms with E-state index in [2.05, 4.69) is 11.7 Å². The molecule has 0 atom stereocenters. The van der Waals surface area contributed by atoms with E-state index >= 15 is 0 Å². The molecule has 1 aliphatic heterocycles. The van der Waals surface area contributed by atoms with Gasteiger partial charge < -0.3 is 0 Å². The minimum absolute atomic E-state index is 1.33. The molecular formula is C10H18Ge. The Morgan fingerprint density at radius 1 is 1.36 bits per heavy atom. The van der Waals surface area contributed by atoms with Crippen molar-refractivity contribution in [3.63, 3.8) is 0 Å². The van der Waals surface area contributed by atoms with Crippen LogP contribution < -0.4 is 0 Å². The molecule has 0 saturated carbocycles. The third kappa shape index (κ3) is 2.27. The molecular weight excluding hydrogens is 193 g/mol. The van der Waals surface area contributed by atoms with Gasteiger partial charge in [0, 0.05) is 0 Å². The average Bonchev–Trinajstić information content (AvgIpc) is 2.50. The van der Waals surface area contributed by atoms with Crippen LogP contribution in [0.2, 0.25) is 15.8 Å². The minimum atomic E-state index is -1.59. The van der Waals surface area contributed by atoms with Gasteiger partial charge in [-0.25, -0.2) is 0 Å². The molecule has 0 radical (unpaired) electrons. The Hall–Kier alpha value is 0.103. The van der Waals surface area contributed by atoms with E-state index in [0.29, 0.717) is 0 Å². The van der Waals surface area contributed by atoms with E-state index in [1.807, 2.05) is 0 Å². The van der Waals surface area contributed by atoms with Gasteiger partial charge >= 0.3 is 72.8 Å². The number of hydrogen-bond donors (Lipinski definition) is 0. The summed E-state index contributed by atoms with van der Waals surface area (Å²) in [5.41, 5.74) is 0. The topological polar surface area (TPSA) is 0 Å². The summed E-state index contributed by atoms with van der Waals surface area (Å²) >= 11 is -1.59. The molecule has 0 nitrogen and oxygen atoms in total. The van der Waals surface area contributed by atoms with Crippen LogP contribution in [0.4, 0.5) is 0 Å².